The molecule has 3 aliphatic rings. The summed E-state index contributed by atoms with van der Waals surface area (Å²) in [6.07, 6.45) is 8.95. The Morgan fingerprint density at radius 2 is 1.89 bits per heavy atom. The molecule has 1 nitrogen and oxygen atoms in total. The van der Waals surface area contributed by atoms with E-state index in [1.165, 1.54) is 37.7 Å². The Morgan fingerprint density at radius 3 is 2.78 bits per heavy atom. The molecule has 3 fully saturated rings. The molecule has 1 saturated heterocycles. The average Bonchev–Trinajstić information content (AvgIpc) is 2.99. The lowest BCUT2D eigenvalue weighted by atomic mass is 9.87. The first-order valence-corrected chi connectivity index (χ1v) is 7.25. The maximum Gasteiger partial charge on any atom is 0.0779 e. The molecule has 1 heteroatoms. The zero-order valence-corrected chi connectivity index (χ0v) is 10.8. The lowest BCUT2D eigenvalue weighted by Crippen LogP contribution is -2.33. The van der Waals surface area contributed by atoms with Gasteiger partial charge in [0.2, 0.25) is 0 Å². The molecular formula is C17H20O. The van der Waals surface area contributed by atoms with Gasteiger partial charge in [-0.05, 0) is 49.5 Å². The summed E-state index contributed by atoms with van der Waals surface area (Å²) in [6.45, 7) is 1.000. The fourth-order valence-electron chi connectivity index (χ4n) is 4.49. The van der Waals surface area contributed by atoms with Crippen LogP contribution < -0.4 is 0 Å². The Morgan fingerprint density at radius 1 is 1.06 bits per heavy atom. The van der Waals surface area contributed by atoms with Gasteiger partial charge in [0.15, 0.2) is 0 Å². The molecule has 0 unspecified atom stereocenters. The Kier molecular flexibility index (Phi) is 2.38. The molecule has 0 amide bonds. The van der Waals surface area contributed by atoms with E-state index in [-0.39, 0.29) is 5.60 Å². The van der Waals surface area contributed by atoms with Crippen LogP contribution >= 0.6 is 0 Å². The Balaban J connectivity index is 1.62. The van der Waals surface area contributed by atoms with E-state index in [1.807, 2.05) is 0 Å². The molecule has 94 valence electrons. The fourth-order valence-corrected chi connectivity index (χ4v) is 4.49. The summed E-state index contributed by atoms with van der Waals surface area (Å²) >= 11 is 0. The van der Waals surface area contributed by atoms with Crippen LogP contribution in [0.15, 0.2) is 35.9 Å². The molecular weight excluding hydrogens is 220 g/mol. The minimum Gasteiger partial charge on any atom is -0.374 e. The van der Waals surface area contributed by atoms with Gasteiger partial charge in [0, 0.05) is 6.61 Å². The van der Waals surface area contributed by atoms with Crippen LogP contribution in [0.1, 0.15) is 37.7 Å². The van der Waals surface area contributed by atoms with Gasteiger partial charge < -0.3 is 4.74 Å². The van der Waals surface area contributed by atoms with Gasteiger partial charge in [0.1, 0.15) is 0 Å². The van der Waals surface area contributed by atoms with Crippen molar-refractivity contribution in [2.45, 2.75) is 37.7 Å². The number of hydrogen-bond acceptors (Lipinski definition) is 1. The highest BCUT2D eigenvalue weighted by atomic mass is 16.5. The first-order chi connectivity index (χ1) is 8.87. The highest BCUT2D eigenvalue weighted by molar-refractivity contribution is 5.54. The van der Waals surface area contributed by atoms with Crippen molar-refractivity contribution in [2.24, 2.45) is 11.8 Å². The molecule has 0 aromatic heterocycles. The first-order valence-electron chi connectivity index (χ1n) is 7.25. The number of ether oxygens (including phenoxy) is 1. The van der Waals surface area contributed by atoms with Crippen LogP contribution in [0.4, 0.5) is 0 Å². The zero-order chi connectivity index (χ0) is 12.0. The van der Waals surface area contributed by atoms with Crippen molar-refractivity contribution in [3.8, 4) is 0 Å². The monoisotopic (exact) mass is 240 g/mol. The van der Waals surface area contributed by atoms with E-state index in [0.29, 0.717) is 0 Å². The van der Waals surface area contributed by atoms with Gasteiger partial charge in [-0.2, -0.15) is 0 Å². The second-order valence-corrected chi connectivity index (χ2v) is 6.16. The van der Waals surface area contributed by atoms with E-state index < -0.39 is 0 Å². The molecule has 18 heavy (non-hydrogen) atoms. The lowest BCUT2D eigenvalue weighted by Gasteiger charge is -2.28. The average molecular weight is 240 g/mol. The van der Waals surface area contributed by atoms with Gasteiger partial charge in [0.25, 0.3) is 0 Å². The molecule has 1 aromatic rings. The molecule has 3 atom stereocenters. The van der Waals surface area contributed by atoms with E-state index in [4.69, 9.17) is 4.74 Å². The standard InChI is InChI=1S/C17H20O/c1-2-4-13(5-3-1)10-14-11-16-7-6-15-8-9-18-17(15,16)12-14/h1-5,10,15-16H,6-9,11-12H2/b14-10+/t15-,16+,17+/m0/s1. The third kappa shape index (κ3) is 1.50. The smallest absolute Gasteiger partial charge is 0.0779 e. The fraction of sp³-hybridized carbons (Fsp3) is 0.529. The minimum absolute atomic E-state index is 0.251. The third-order valence-electron chi connectivity index (χ3n) is 5.27. The summed E-state index contributed by atoms with van der Waals surface area (Å²) in [5.74, 6) is 1.66. The van der Waals surface area contributed by atoms with Crippen molar-refractivity contribution < 1.29 is 4.74 Å². The van der Waals surface area contributed by atoms with Crippen molar-refractivity contribution in [1.29, 1.82) is 0 Å². The predicted molar refractivity (Wildman–Crippen MR) is 73.2 cm³/mol. The summed E-state index contributed by atoms with van der Waals surface area (Å²) in [7, 11) is 0. The zero-order valence-electron chi connectivity index (χ0n) is 10.8. The van der Waals surface area contributed by atoms with Crippen LogP contribution in [0.5, 0.6) is 0 Å². The van der Waals surface area contributed by atoms with Gasteiger partial charge in [-0.15, -0.1) is 0 Å². The number of hydrogen-bond donors (Lipinski definition) is 0. The molecule has 0 N–H and O–H groups in total. The topological polar surface area (TPSA) is 9.23 Å². The van der Waals surface area contributed by atoms with E-state index in [2.05, 4.69) is 36.4 Å². The molecule has 4 rings (SSSR count). The number of benzene rings is 1. The Hall–Kier alpha value is -1.08. The highest BCUT2D eigenvalue weighted by Crippen LogP contribution is 2.58. The molecule has 2 saturated carbocycles. The summed E-state index contributed by atoms with van der Waals surface area (Å²) in [4.78, 5) is 0. The molecule has 1 aliphatic heterocycles. The van der Waals surface area contributed by atoms with Gasteiger partial charge >= 0.3 is 0 Å². The van der Waals surface area contributed by atoms with Crippen LogP contribution in [0.3, 0.4) is 0 Å². The SMILES string of the molecule is C(=C1/C[C@H]2CC[C@H]3CCO[C@]32C1)/c1ccccc1. The Labute approximate surface area is 109 Å². The first kappa shape index (κ1) is 10.8. The van der Waals surface area contributed by atoms with E-state index >= 15 is 0 Å². The van der Waals surface area contributed by atoms with Gasteiger partial charge in [-0.1, -0.05) is 42.0 Å². The molecule has 2 aliphatic carbocycles. The van der Waals surface area contributed by atoms with Gasteiger partial charge in [-0.25, -0.2) is 0 Å². The van der Waals surface area contributed by atoms with Crippen molar-refractivity contribution in [2.75, 3.05) is 6.61 Å². The van der Waals surface area contributed by atoms with Crippen molar-refractivity contribution >= 4 is 6.08 Å². The largest absolute Gasteiger partial charge is 0.374 e. The summed E-state index contributed by atoms with van der Waals surface area (Å²) < 4.78 is 6.22. The van der Waals surface area contributed by atoms with Crippen molar-refractivity contribution in [3.63, 3.8) is 0 Å². The molecule has 1 aromatic carbocycles. The molecule has 0 radical (unpaired) electrons. The van der Waals surface area contributed by atoms with Crippen LogP contribution in [0.2, 0.25) is 0 Å². The maximum atomic E-state index is 6.22. The number of rotatable bonds is 1. The normalized spacial score (nSPS) is 40.1. The summed E-state index contributed by atoms with van der Waals surface area (Å²) in [5, 5.41) is 0. The van der Waals surface area contributed by atoms with Crippen LogP contribution in [0.25, 0.3) is 6.08 Å². The molecule has 1 heterocycles. The van der Waals surface area contributed by atoms with Crippen molar-refractivity contribution in [1.82, 2.24) is 0 Å². The minimum atomic E-state index is 0.251. The van der Waals surface area contributed by atoms with E-state index in [9.17, 15) is 0 Å². The third-order valence-corrected chi connectivity index (χ3v) is 5.27. The van der Waals surface area contributed by atoms with Crippen molar-refractivity contribution in [3.05, 3.63) is 41.5 Å². The Bertz CT molecular complexity index is 476. The molecule has 0 bridgehead atoms. The predicted octanol–water partition coefficient (Wildman–Crippen LogP) is 4.05. The molecule has 1 spiro atoms. The highest BCUT2D eigenvalue weighted by Gasteiger charge is 2.57. The van der Waals surface area contributed by atoms with E-state index in [1.54, 1.807) is 5.57 Å². The second kappa shape index (κ2) is 3.96. The summed E-state index contributed by atoms with van der Waals surface area (Å²) in [5.41, 5.74) is 3.21. The van der Waals surface area contributed by atoms with Gasteiger partial charge in [-0.3, -0.25) is 0 Å². The van der Waals surface area contributed by atoms with Gasteiger partial charge in [0.05, 0.1) is 5.60 Å². The van der Waals surface area contributed by atoms with Crippen LogP contribution in [-0.4, -0.2) is 12.2 Å². The van der Waals surface area contributed by atoms with Crippen LogP contribution in [0, 0.1) is 11.8 Å². The van der Waals surface area contributed by atoms with Crippen LogP contribution in [-0.2, 0) is 4.74 Å². The second-order valence-electron chi connectivity index (χ2n) is 6.16. The maximum absolute atomic E-state index is 6.22. The lowest BCUT2D eigenvalue weighted by molar-refractivity contribution is -0.0263. The summed E-state index contributed by atoms with van der Waals surface area (Å²) in [6, 6.07) is 10.7. The van der Waals surface area contributed by atoms with E-state index in [0.717, 1.165) is 18.4 Å². The quantitative estimate of drug-likeness (QED) is 0.719.